The molecule has 4 atom stereocenters. The van der Waals surface area contributed by atoms with Gasteiger partial charge in [0.05, 0.1) is 0 Å². The predicted molar refractivity (Wildman–Crippen MR) is 149 cm³/mol. The van der Waals surface area contributed by atoms with Crippen LogP contribution in [0.25, 0.3) is 10.8 Å². The smallest absolute Gasteiger partial charge is 0.340 e. The Balaban J connectivity index is 1.64. The van der Waals surface area contributed by atoms with Crippen LogP contribution in [0.1, 0.15) is 78.4 Å². The number of methoxy groups -OCH3 is 1. The molecule has 0 aromatic heterocycles. The third-order valence-corrected chi connectivity index (χ3v) is 8.55. The number of allylic oxidation sites excluding steroid dienone is 5. The van der Waals surface area contributed by atoms with Gasteiger partial charge in [0.25, 0.3) is 0 Å². The van der Waals surface area contributed by atoms with Crippen molar-refractivity contribution in [1.29, 1.82) is 0 Å². The second-order valence-corrected chi connectivity index (χ2v) is 11.3. The van der Waals surface area contributed by atoms with Crippen LogP contribution in [0.15, 0.2) is 77.4 Å². The molecule has 0 fully saturated rings. The summed E-state index contributed by atoms with van der Waals surface area (Å²) in [5.74, 6) is 0.779. The molecule has 3 nitrogen and oxygen atoms in total. The lowest BCUT2D eigenvalue weighted by molar-refractivity contribution is -0.161. The van der Waals surface area contributed by atoms with Crippen molar-refractivity contribution in [3.8, 4) is 0 Å². The molecule has 0 radical (unpaired) electrons. The van der Waals surface area contributed by atoms with Gasteiger partial charge in [0.15, 0.2) is 6.10 Å². The number of hydrogen-bond donors (Lipinski definition) is 0. The topological polar surface area (TPSA) is 35.5 Å². The number of carbonyl (C=O) groups excluding carboxylic acids is 1. The maximum absolute atomic E-state index is 13.6. The van der Waals surface area contributed by atoms with Gasteiger partial charge in [0.1, 0.15) is 6.10 Å². The van der Waals surface area contributed by atoms with Crippen molar-refractivity contribution in [2.75, 3.05) is 7.11 Å². The minimum atomic E-state index is -0.753. The van der Waals surface area contributed by atoms with Gasteiger partial charge in [-0.1, -0.05) is 86.5 Å². The summed E-state index contributed by atoms with van der Waals surface area (Å²) in [7, 11) is 1.59. The predicted octanol–water partition coefficient (Wildman–Crippen LogP) is 8.51. The highest BCUT2D eigenvalue weighted by Crippen LogP contribution is 2.52. The van der Waals surface area contributed by atoms with E-state index in [1.807, 2.05) is 30.3 Å². The molecule has 0 saturated heterocycles. The number of fused-ring (bicyclic) bond motifs is 2. The van der Waals surface area contributed by atoms with Gasteiger partial charge in [-0.25, -0.2) is 4.79 Å². The van der Waals surface area contributed by atoms with Gasteiger partial charge in [-0.05, 0) is 91.2 Å². The maximum atomic E-state index is 13.6. The molecule has 4 rings (SSSR count). The molecule has 3 heteroatoms. The monoisotopic (exact) mass is 486 g/mol. The summed E-state index contributed by atoms with van der Waals surface area (Å²) in [5, 5.41) is 2.23. The number of esters is 1. The van der Waals surface area contributed by atoms with E-state index in [1.165, 1.54) is 11.1 Å². The molecule has 0 N–H and O–H groups in total. The van der Waals surface area contributed by atoms with Crippen molar-refractivity contribution in [3.05, 3.63) is 83.0 Å². The second kappa shape index (κ2) is 11.2. The minimum absolute atomic E-state index is 0.0130. The quantitative estimate of drug-likeness (QED) is 0.314. The van der Waals surface area contributed by atoms with Crippen LogP contribution in [-0.2, 0) is 14.3 Å². The Kier molecular flexibility index (Phi) is 8.20. The van der Waals surface area contributed by atoms with Crippen molar-refractivity contribution in [1.82, 2.24) is 0 Å². The average Bonchev–Trinajstić information content (AvgIpc) is 3.17. The molecular weight excluding hydrogens is 444 g/mol. The number of ether oxygens (including phenoxy) is 2. The third-order valence-electron chi connectivity index (χ3n) is 8.55. The molecule has 0 spiro atoms. The van der Waals surface area contributed by atoms with Gasteiger partial charge < -0.3 is 9.47 Å². The molecule has 192 valence electrons. The fourth-order valence-corrected chi connectivity index (χ4v) is 6.27. The standard InChI is InChI=1S/C33H42O3/c1-22(2)29-19-18-28-17-14-23(3)10-9-11-24(4)30(21-33(28,29)5)36-32(34)31(35-6)27-16-15-25-12-7-8-13-26(25)20-27/h7-8,11-16,18,20,22,29-31H,9-10,17,19,21H2,1-6H3/b23-14+,24-11+/t29-,30+,31+,33+/m1/s1. The van der Waals surface area contributed by atoms with Crippen LogP contribution < -0.4 is 0 Å². The van der Waals surface area contributed by atoms with Crippen LogP contribution in [0.4, 0.5) is 0 Å². The van der Waals surface area contributed by atoms with Crippen LogP contribution in [0.5, 0.6) is 0 Å². The number of hydrogen-bond acceptors (Lipinski definition) is 3. The fourth-order valence-electron chi connectivity index (χ4n) is 6.27. The molecule has 0 heterocycles. The number of benzene rings is 2. The largest absolute Gasteiger partial charge is 0.456 e. The molecule has 0 amide bonds. The van der Waals surface area contributed by atoms with E-state index >= 15 is 0 Å². The first-order chi connectivity index (χ1) is 17.2. The van der Waals surface area contributed by atoms with E-state index in [4.69, 9.17) is 9.47 Å². The zero-order chi connectivity index (χ0) is 25.9. The van der Waals surface area contributed by atoms with Gasteiger partial charge in [-0.2, -0.15) is 0 Å². The fraction of sp³-hybridized carbons (Fsp3) is 0.485. The van der Waals surface area contributed by atoms with E-state index in [0.29, 0.717) is 11.8 Å². The summed E-state index contributed by atoms with van der Waals surface area (Å²) >= 11 is 0. The average molecular weight is 487 g/mol. The molecular formula is C33H42O3. The van der Waals surface area contributed by atoms with E-state index in [0.717, 1.165) is 54.0 Å². The highest BCUT2D eigenvalue weighted by Gasteiger charge is 2.44. The van der Waals surface area contributed by atoms with Crippen molar-refractivity contribution in [2.24, 2.45) is 17.3 Å². The van der Waals surface area contributed by atoms with Gasteiger partial charge in [-0.15, -0.1) is 0 Å². The van der Waals surface area contributed by atoms with E-state index in [9.17, 15) is 4.79 Å². The van der Waals surface area contributed by atoms with Crippen LogP contribution >= 0.6 is 0 Å². The minimum Gasteiger partial charge on any atom is -0.456 e. The SMILES string of the molecule is CO[C@H](C(=O)O[C@H]1C[C@@]2(C)C(=CC[C@@H]2C(C)C)C/C=C(\C)CC/C=C/1C)c1ccc2ccccc2c1. The molecule has 2 aliphatic rings. The first-order valence-electron chi connectivity index (χ1n) is 13.5. The lowest BCUT2D eigenvalue weighted by Crippen LogP contribution is -2.36. The van der Waals surface area contributed by atoms with E-state index < -0.39 is 6.10 Å². The zero-order valence-electron chi connectivity index (χ0n) is 22.8. The molecule has 2 aromatic rings. The van der Waals surface area contributed by atoms with Gasteiger partial charge in [0, 0.05) is 7.11 Å². The van der Waals surface area contributed by atoms with Crippen molar-refractivity contribution in [3.63, 3.8) is 0 Å². The lowest BCUT2D eigenvalue weighted by Gasteiger charge is -2.40. The molecule has 2 aromatic carbocycles. The van der Waals surface area contributed by atoms with E-state index in [2.05, 4.69) is 65.0 Å². The van der Waals surface area contributed by atoms with Crippen LogP contribution in [-0.4, -0.2) is 19.2 Å². The normalized spacial score (nSPS) is 28.8. The molecule has 0 unspecified atom stereocenters. The molecule has 0 saturated carbocycles. The number of rotatable bonds is 5. The van der Waals surface area contributed by atoms with Crippen molar-refractivity contribution >= 4 is 16.7 Å². The summed E-state index contributed by atoms with van der Waals surface area (Å²) in [6.45, 7) is 11.4. The van der Waals surface area contributed by atoms with Gasteiger partial charge >= 0.3 is 5.97 Å². The Hall–Kier alpha value is -2.65. The first kappa shape index (κ1) is 26.4. The second-order valence-electron chi connectivity index (χ2n) is 11.3. The Morgan fingerprint density at radius 2 is 1.78 bits per heavy atom. The summed E-state index contributed by atoms with van der Waals surface area (Å²) < 4.78 is 12.1. The summed E-state index contributed by atoms with van der Waals surface area (Å²) in [4.78, 5) is 13.6. The molecule has 0 aliphatic heterocycles. The first-order valence-corrected chi connectivity index (χ1v) is 13.5. The molecule has 2 aliphatic carbocycles. The Morgan fingerprint density at radius 1 is 1.03 bits per heavy atom. The van der Waals surface area contributed by atoms with E-state index in [-0.39, 0.29) is 17.5 Å². The highest BCUT2D eigenvalue weighted by molar-refractivity contribution is 5.85. The number of carbonyl (C=O) groups is 1. The van der Waals surface area contributed by atoms with Crippen LogP contribution in [0.3, 0.4) is 0 Å². The lowest BCUT2D eigenvalue weighted by atomic mass is 9.66. The maximum Gasteiger partial charge on any atom is 0.340 e. The molecule has 36 heavy (non-hydrogen) atoms. The Morgan fingerprint density at radius 3 is 2.50 bits per heavy atom. The van der Waals surface area contributed by atoms with Crippen molar-refractivity contribution in [2.45, 2.75) is 78.9 Å². The molecule has 0 bridgehead atoms. The van der Waals surface area contributed by atoms with Crippen LogP contribution in [0.2, 0.25) is 0 Å². The summed E-state index contributed by atoms with van der Waals surface area (Å²) in [6.07, 6.45) is 11.0. The van der Waals surface area contributed by atoms with E-state index in [1.54, 1.807) is 7.11 Å². The Bertz CT molecular complexity index is 1180. The van der Waals surface area contributed by atoms with Crippen LogP contribution in [0, 0.1) is 17.3 Å². The van der Waals surface area contributed by atoms with Crippen molar-refractivity contribution < 1.29 is 14.3 Å². The summed E-state index contributed by atoms with van der Waals surface area (Å²) in [5.41, 5.74) is 4.88. The zero-order valence-corrected chi connectivity index (χ0v) is 22.8. The summed E-state index contributed by atoms with van der Waals surface area (Å²) in [6, 6.07) is 14.2. The Labute approximate surface area is 217 Å². The van der Waals surface area contributed by atoms with Gasteiger partial charge in [0.2, 0.25) is 0 Å². The van der Waals surface area contributed by atoms with Gasteiger partial charge in [-0.3, -0.25) is 0 Å². The third kappa shape index (κ3) is 5.52. The highest BCUT2D eigenvalue weighted by atomic mass is 16.6.